The number of nitrogens with zero attached hydrogens (tertiary/aromatic N) is 3. The van der Waals surface area contributed by atoms with Crippen LogP contribution in [0.3, 0.4) is 0 Å². The number of aromatic nitrogens is 1. The van der Waals surface area contributed by atoms with E-state index in [4.69, 9.17) is 28.9 Å². The van der Waals surface area contributed by atoms with Gasteiger partial charge in [-0.3, -0.25) is 14.7 Å². The highest BCUT2D eigenvalue weighted by molar-refractivity contribution is 6.00. The van der Waals surface area contributed by atoms with E-state index >= 15 is 0 Å². The number of hydrogen-bond donors (Lipinski definition) is 2. The maximum atomic E-state index is 13.6. The SMILES string of the molecule is CCCCCCCCCC(=O)OC(COc1ccc(OCC2=NC=C2)cc1)CN1CCC(c2noc3cc(F)ccc23)CC1.O=C(O)/C=C/C(=O)O. The topological polar surface area (TPSA) is 161 Å². The van der Waals surface area contributed by atoms with E-state index in [2.05, 4.69) is 22.0 Å². The number of carbonyl (C=O) groups is 3. The van der Waals surface area contributed by atoms with Crippen molar-refractivity contribution in [2.75, 3.05) is 32.8 Å². The zero-order chi connectivity index (χ0) is 37.1. The van der Waals surface area contributed by atoms with Crippen molar-refractivity contribution < 1.29 is 47.7 Å². The van der Waals surface area contributed by atoms with Gasteiger partial charge in [0.1, 0.15) is 36.6 Å². The third kappa shape index (κ3) is 13.9. The lowest BCUT2D eigenvalue weighted by Gasteiger charge is -2.33. The fourth-order valence-corrected chi connectivity index (χ4v) is 5.88. The molecule has 0 radical (unpaired) electrons. The number of ether oxygens (including phenoxy) is 3. The minimum Gasteiger partial charge on any atom is -0.490 e. The van der Waals surface area contributed by atoms with Gasteiger partial charge in [0.2, 0.25) is 0 Å². The van der Waals surface area contributed by atoms with Crippen LogP contribution in [0.4, 0.5) is 4.39 Å². The minimum atomic E-state index is -1.26. The van der Waals surface area contributed by atoms with Crippen molar-refractivity contribution in [1.82, 2.24) is 10.1 Å². The number of carboxylic acids is 2. The summed E-state index contributed by atoms with van der Waals surface area (Å²) in [5.41, 5.74) is 2.29. The van der Waals surface area contributed by atoms with Gasteiger partial charge in [-0.2, -0.15) is 0 Å². The van der Waals surface area contributed by atoms with E-state index in [1.54, 1.807) is 12.3 Å². The molecule has 13 heteroatoms. The van der Waals surface area contributed by atoms with Crippen LogP contribution in [0.1, 0.15) is 82.7 Å². The molecule has 1 fully saturated rings. The molecule has 1 saturated heterocycles. The van der Waals surface area contributed by atoms with Gasteiger partial charge in [0, 0.05) is 48.7 Å². The highest BCUT2D eigenvalue weighted by Gasteiger charge is 2.28. The molecule has 2 N–H and O–H groups in total. The van der Waals surface area contributed by atoms with Crippen molar-refractivity contribution in [3.8, 4) is 11.5 Å². The number of aliphatic imine (C=N–C) groups is 1. The number of hydrogen-bond acceptors (Lipinski definition) is 10. The summed E-state index contributed by atoms with van der Waals surface area (Å²) in [7, 11) is 0. The summed E-state index contributed by atoms with van der Waals surface area (Å²) in [5.74, 6) is -1.34. The van der Waals surface area contributed by atoms with Gasteiger partial charge in [0.15, 0.2) is 5.58 Å². The van der Waals surface area contributed by atoms with E-state index in [-0.39, 0.29) is 30.4 Å². The van der Waals surface area contributed by atoms with Gasteiger partial charge in [-0.15, -0.1) is 0 Å². The van der Waals surface area contributed by atoms with E-state index in [1.165, 1.54) is 37.8 Å². The van der Waals surface area contributed by atoms with Crippen molar-refractivity contribution in [2.24, 2.45) is 4.99 Å². The number of rotatable bonds is 20. The maximum absolute atomic E-state index is 13.6. The Balaban J connectivity index is 0.000000677. The van der Waals surface area contributed by atoms with Crippen LogP contribution in [0.25, 0.3) is 11.0 Å². The molecule has 1 aromatic heterocycles. The van der Waals surface area contributed by atoms with Crippen LogP contribution in [0, 0.1) is 5.82 Å². The molecule has 1 atom stereocenters. The van der Waals surface area contributed by atoms with Crippen LogP contribution < -0.4 is 9.47 Å². The van der Waals surface area contributed by atoms with Gasteiger partial charge in [0.25, 0.3) is 0 Å². The summed E-state index contributed by atoms with van der Waals surface area (Å²) in [4.78, 5) is 38.4. The van der Waals surface area contributed by atoms with Gasteiger partial charge < -0.3 is 28.9 Å². The minimum absolute atomic E-state index is 0.167. The Morgan fingerprint density at radius 3 is 2.19 bits per heavy atom. The molecule has 0 aliphatic carbocycles. The number of carbonyl (C=O) groups excluding carboxylic acids is 1. The molecule has 0 spiro atoms. The molecule has 5 rings (SSSR count). The summed E-state index contributed by atoms with van der Waals surface area (Å²) in [6.07, 6.45) is 14.7. The highest BCUT2D eigenvalue weighted by atomic mass is 19.1. The van der Waals surface area contributed by atoms with Crippen LogP contribution in [0.15, 0.2) is 76.4 Å². The number of benzene rings is 2. The summed E-state index contributed by atoms with van der Waals surface area (Å²) >= 11 is 0. The molecule has 0 amide bonds. The van der Waals surface area contributed by atoms with Gasteiger partial charge in [-0.1, -0.05) is 50.6 Å². The molecule has 280 valence electrons. The predicted octanol–water partition coefficient (Wildman–Crippen LogP) is 7.34. The van der Waals surface area contributed by atoms with Crippen molar-refractivity contribution in [1.29, 1.82) is 0 Å². The van der Waals surface area contributed by atoms with Crippen LogP contribution in [-0.4, -0.2) is 82.8 Å². The maximum Gasteiger partial charge on any atom is 0.328 e. The van der Waals surface area contributed by atoms with Crippen LogP contribution >= 0.6 is 0 Å². The third-order valence-electron chi connectivity index (χ3n) is 8.70. The summed E-state index contributed by atoms with van der Waals surface area (Å²) < 4.78 is 36.8. The number of unbranched alkanes of at least 4 members (excludes halogenated alkanes) is 6. The smallest absolute Gasteiger partial charge is 0.328 e. The zero-order valence-corrected chi connectivity index (χ0v) is 29.6. The second-order valence-electron chi connectivity index (χ2n) is 12.8. The van der Waals surface area contributed by atoms with Crippen molar-refractivity contribution in [2.45, 2.75) is 83.2 Å². The average Bonchev–Trinajstić information content (AvgIpc) is 3.53. The third-order valence-corrected chi connectivity index (χ3v) is 8.70. The zero-order valence-electron chi connectivity index (χ0n) is 29.6. The molecule has 52 heavy (non-hydrogen) atoms. The van der Waals surface area contributed by atoms with E-state index in [0.717, 1.165) is 67.7 Å². The number of esters is 1. The Morgan fingerprint density at radius 1 is 0.942 bits per heavy atom. The monoisotopic (exact) mass is 721 g/mol. The van der Waals surface area contributed by atoms with Gasteiger partial charge >= 0.3 is 17.9 Å². The first kappa shape index (κ1) is 39.7. The number of aliphatic carboxylic acids is 2. The normalized spacial score (nSPS) is 15.0. The molecule has 2 aliphatic rings. The molecule has 1 unspecified atom stereocenters. The molecule has 3 aromatic rings. The Morgan fingerprint density at radius 2 is 1.58 bits per heavy atom. The van der Waals surface area contributed by atoms with Gasteiger partial charge in [-0.05, 0) is 74.8 Å². The molecule has 12 nitrogen and oxygen atoms in total. The fraction of sp³-hybridized carbons (Fsp3) is 0.462. The Labute approximate surface area is 302 Å². The van der Waals surface area contributed by atoms with Crippen molar-refractivity contribution in [3.05, 3.63) is 78.4 Å². The largest absolute Gasteiger partial charge is 0.490 e. The van der Waals surface area contributed by atoms with Gasteiger partial charge in [-0.25, -0.2) is 14.0 Å². The summed E-state index contributed by atoms with van der Waals surface area (Å²) in [6.45, 7) is 5.18. The van der Waals surface area contributed by atoms with Crippen LogP contribution in [-0.2, 0) is 19.1 Å². The number of fused-ring (bicyclic) bond motifs is 1. The van der Waals surface area contributed by atoms with Crippen molar-refractivity contribution >= 4 is 34.6 Å². The molecule has 0 saturated carbocycles. The first-order chi connectivity index (χ1) is 25.2. The molecule has 0 bridgehead atoms. The number of carboxylic acid groups (broad SMARTS) is 2. The van der Waals surface area contributed by atoms with E-state index < -0.39 is 11.9 Å². The lowest BCUT2D eigenvalue weighted by atomic mass is 9.91. The Kier molecular flexibility index (Phi) is 16.3. The lowest BCUT2D eigenvalue weighted by Crippen LogP contribution is -2.42. The van der Waals surface area contributed by atoms with E-state index in [0.29, 0.717) is 43.1 Å². The predicted molar refractivity (Wildman–Crippen MR) is 193 cm³/mol. The van der Waals surface area contributed by atoms with E-state index in [9.17, 15) is 18.8 Å². The van der Waals surface area contributed by atoms with E-state index in [1.807, 2.05) is 30.3 Å². The number of likely N-dealkylation sites (tertiary alicyclic amines) is 1. The van der Waals surface area contributed by atoms with Crippen LogP contribution in [0.2, 0.25) is 0 Å². The second kappa shape index (κ2) is 21.4. The standard InChI is InChI=1S/C35H44FN3O5.C4H4O4/c1-2-3-4-5-6-7-8-9-34(40)43-31(25-42-30-13-11-29(12-14-30)41-24-28-16-19-37-28)23-39-20-17-26(18-21-39)35-32-15-10-27(36)22-33(32)44-38-35;5-3(6)1-2-4(7)8/h10-16,19,22,26,31H,2-9,17-18,20-21,23-25H2,1H3;1-2H,(H,5,6)(H,7,8)/b;2-1+. The number of piperidine rings is 1. The highest BCUT2D eigenvalue weighted by Crippen LogP contribution is 2.33. The quantitative estimate of drug-likeness (QED) is 0.0683. The first-order valence-corrected chi connectivity index (χ1v) is 17.9. The number of halogens is 1. The van der Waals surface area contributed by atoms with Crippen LogP contribution in [0.5, 0.6) is 11.5 Å². The molecular weight excluding hydrogens is 673 g/mol. The van der Waals surface area contributed by atoms with Gasteiger partial charge in [0.05, 0.1) is 11.4 Å². The Bertz CT molecular complexity index is 1660. The summed E-state index contributed by atoms with van der Waals surface area (Å²) in [6, 6.07) is 12.1. The molecular formula is C39H48FN3O9. The Hall–Kier alpha value is -5.04. The average molecular weight is 722 g/mol. The second-order valence-corrected chi connectivity index (χ2v) is 12.8. The molecule has 3 heterocycles. The lowest BCUT2D eigenvalue weighted by molar-refractivity contribution is -0.152. The summed E-state index contributed by atoms with van der Waals surface area (Å²) in [5, 5.41) is 20.8. The first-order valence-electron chi connectivity index (χ1n) is 17.9. The van der Waals surface area contributed by atoms with Crippen molar-refractivity contribution in [3.63, 3.8) is 0 Å². The molecule has 2 aliphatic heterocycles. The molecule has 2 aromatic carbocycles. The fourth-order valence-electron chi connectivity index (χ4n) is 5.88.